The van der Waals surface area contributed by atoms with E-state index in [9.17, 15) is 4.79 Å². The van der Waals surface area contributed by atoms with Crippen LogP contribution in [0.5, 0.6) is 0 Å². The topological polar surface area (TPSA) is 104 Å². The van der Waals surface area contributed by atoms with E-state index in [0.717, 1.165) is 0 Å². The molecule has 82 valence electrons. The molecule has 0 radical (unpaired) electrons. The minimum Gasteiger partial charge on any atom is -0.463 e. The molecule has 0 aliphatic carbocycles. The average molecular weight is 229 g/mol. The summed E-state index contributed by atoms with van der Waals surface area (Å²) in [4.78, 5) is 11.2. The highest BCUT2D eigenvalue weighted by Gasteiger charge is 2.15. The van der Waals surface area contributed by atoms with Crippen molar-refractivity contribution in [3.63, 3.8) is 0 Å². The first-order valence-electron chi connectivity index (χ1n) is 4.00. The van der Waals surface area contributed by atoms with Crippen LogP contribution in [-0.4, -0.2) is 18.2 Å². The number of hydrogen-bond acceptors (Lipinski definition) is 6. The lowest BCUT2D eigenvalue weighted by molar-refractivity contribution is 0.0564. The summed E-state index contributed by atoms with van der Waals surface area (Å²) in [6, 6.07) is 1.67. The lowest BCUT2D eigenvalue weighted by Gasteiger charge is -2.00. The van der Waals surface area contributed by atoms with Crippen LogP contribution < -0.4 is 11.6 Å². The van der Waals surface area contributed by atoms with Crippen LogP contribution in [0.4, 0.5) is 0 Å². The van der Waals surface area contributed by atoms with Crippen molar-refractivity contribution in [2.75, 3.05) is 7.11 Å². The summed E-state index contributed by atoms with van der Waals surface area (Å²) in [6.07, 6.45) is 1.41. The number of thioether (sulfide) groups is 1. The van der Waals surface area contributed by atoms with Crippen LogP contribution in [0.25, 0.3) is 0 Å². The van der Waals surface area contributed by atoms with Gasteiger partial charge >= 0.3 is 5.97 Å². The van der Waals surface area contributed by atoms with E-state index >= 15 is 0 Å². The van der Waals surface area contributed by atoms with Gasteiger partial charge in [0.25, 0.3) is 0 Å². The molecule has 0 atom stereocenters. The third kappa shape index (κ3) is 2.91. The normalized spacial score (nSPS) is 11.4. The van der Waals surface area contributed by atoms with Gasteiger partial charge < -0.3 is 20.7 Å². The summed E-state index contributed by atoms with van der Waals surface area (Å²) in [5.74, 6) is 5.08. The maximum absolute atomic E-state index is 11.2. The molecule has 0 aromatic carbocycles. The molecule has 1 aromatic heterocycles. The van der Waals surface area contributed by atoms with Crippen molar-refractivity contribution in [2.24, 2.45) is 16.7 Å². The molecular weight excluding hydrogens is 218 g/mol. The maximum Gasteiger partial charge on any atom is 0.374 e. The minimum absolute atomic E-state index is 0.176. The Morgan fingerprint density at radius 1 is 1.73 bits per heavy atom. The predicted molar refractivity (Wildman–Crippen MR) is 57.2 cm³/mol. The molecule has 0 aliphatic rings. The number of amidine groups is 1. The number of carbonyl (C=O) groups is 1. The molecule has 4 N–H and O–H groups in total. The number of rotatable bonds is 3. The fourth-order valence-corrected chi connectivity index (χ4v) is 1.52. The molecule has 0 amide bonds. The van der Waals surface area contributed by atoms with E-state index in [1.54, 1.807) is 6.07 Å². The quantitative estimate of drug-likeness (QED) is 0.257. The Morgan fingerprint density at radius 3 is 3.07 bits per heavy atom. The minimum atomic E-state index is -0.515. The first-order chi connectivity index (χ1) is 7.19. The lowest BCUT2D eigenvalue weighted by Crippen LogP contribution is -2.10. The van der Waals surface area contributed by atoms with Crippen molar-refractivity contribution in [3.8, 4) is 0 Å². The molecule has 0 aliphatic heterocycles. The van der Waals surface area contributed by atoms with Crippen molar-refractivity contribution in [2.45, 2.75) is 5.75 Å². The predicted octanol–water partition coefficient (Wildman–Crippen LogP) is 0.488. The summed E-state index contributed by atoms with van der Waals surface area (Å²) < 4.78 is 9.52. The number of esters is 1. The van der Waals surface area contributed by atoms with E-state index in [-0.39, 0.29) is 10.9 Å². The SMILES string of the molecule is COC(=O)c1occc1CSC(N)=NN. The summed E-state index contributed by atoms with van der Waals surface area (Å²) in [7, 11) is 1.29. The van der Waals surface area contributed by atoms with Gasteiger partial charge in [-0.25, -0.2) is 4.79 Å². The van der Waals surface area contributed by atoms with Gasteiger partial charge in [0.2, 0.25) is 5.76 Å². The van der Waals surface area contributed by atoms with Gasteiger partial charge in [-0.2, -0.15) is 5.10 Å². The Bertz CT molecular complexity index is 375. The Hall–Kier alpha value is -1.63. The molecule has 0 saturated heterocycles. The second-order valence-corrected chi connectivity index (χ2v) is 3.52. The number of carbonyl (C=O) groups excluding carboxylic acids is 1. The van der Waals surface area contributed by atoms with Gasteiger partial charge in [-0.1, -0.05) is 11.8 Å². The van der Waals surface area contributed by atoms with Crippen LogP contribution in [-0.2, 0) is 10.5 Å². The Kier molecular flexibility index (Phi) is 4.04. The van der Waals surface area contributed by atoms with Crippen LogP contribution in [0.1, 0.15) is 16.1 Å². The average Bonchev–Trinajstić information content (AvgIpc) is 2.72. The van der Waals surface area contributed by atoms with E-state index in [2.05, 4.69) is 9.84 Å². The van der Waals surface area contributed by atoms with Crippen molar-refractivity contribution in [1.82, 2.24) is 0 Å². The second-order valence-electron chi connectivity index (χ2n) is 2.52. The second kappa shape index (κ2) is 5.30. The molecule has 0 saturated carbocycles. The van der Waals surface area contributed by atoms with E-state index in [0.29, 0.717) is 11.3 Å². The highest BCUT2D eigenvalue weighted by Crippen LogP contribution is 2.18. The third-order valence-corrected chi connectivity index (χ3v) is 2.48. The number of nitrogens with zero attached hydrogens (tertiary/aromatic N) is 1. The summed E-state index contributed by atoms with van der Waals surface area (Å²) in [5.41, 5.74) is 6.08. The third-order valence-electron chi connectivity index (χ3n) is 1.62. The van der Waals surface area contributed by atoms with E-state index < -0.39 is 5.97 Å². The fraction of sp³-hybridized carbons (Fsp3) is 0.250. The standard InChI is InChI=1S/C8H11N3O3S/c1-13-7(12)6-5(2-3-14-6)4-15-8(9)11-10/h2-3H,4,10H2,1H3,(H2,9,11). The fourth-order valence-electron chi connectivity index (χ4n) is 0.910. The zero-order valence-electron chi connectivity index (χ0n) is 8.10. The molecular formula is C8H11N3O3S. The van der Waals surface area contributed by atoms with Crippen molar-refractivity contribution >= 4 is 22.9 Å². The number of methoxy groups -OCH3 is 1. The highest BCUT2D eigenvalue weighted by molar-refractivity contribution is 8.13. The Balaban J connectivity index is 2.69. The van der Waals surface area contributed by atoms with Gasteiger partial charge in [-0.15, -0.1) is 0 Å². The molecule has 0 unspecified atom stereocenters. The summed E-state index contributed by atoms with van der Waals surface area (Å²) in [5, 5.41) is 3.54. The number of hydrogen-bond donors (Lipinski definition) is 2. The monoisotopic (exact) mass is 229 g/mol. The number of furan rings is 1. The van der Waals surface area contributed by atoms with Gasteiger partial charge in [0, 0.05) is 11.3 Å². The van der Waals surface area contributed by atoms with Crippen LogP contribution >= 0.6 is 11.8 Å². The molecule has 6 nitrogen and oxygen atoms in total. The summed E-state index contributed by atoms with van der Waals surface area (Å²) in [6.45, 7) is 0. The van der Waals surface area contributed by atoms with E-state index in [1.807, 2.05) is 0 Å². The van der Waals surface area contributed by atoms with Gasteiger partial charge in [0.05, 0.1) is 13.4 Å². The molecule has 7 heteroatoms. The van der Waals surface area contributed by atoms with Gasteiger partial charge in [0.15, 0.2) is 5.17 Å². The largest absolute Gasteiger partial charge is 0.463 e. The molecule has 15 heavy (non-hydrogen) atoms. The first kappa shape index (κ1) is 11.4. The zero-order valence-corrected chi connectivity index (χ0v) is 8.91. The molecule has 0 fully saturated rings. The smallest absolute Gasteiger partial charge is 0.374 e. The molecule has 1 aromatic rings. The molecule has 0 spiro atoms. The van der Waals surface area contributed by atoms with Crippen LogP contribution in [0.15, 0.2) is 21.8 Å². The van der Waals surface area contributed by atoms with E-state index in [4.69, 9.17) is 16.0 Å². The van der Waals surface area contributed by atoms with Crippen LogP contribution in [0.2, 0.25) is 0 Å². The van der Waals surface area contributed by atoms with Crippen molar-refractivity contribution < 1.29 is 13.9 Å². The highest BCUT2D eigenvalue weighted by atomic mass is 32.2. The number of hydrazone groups is 1. The van der Waals surface area contributed by atoms with Gasteiger partial charge in [-0.05, 0) is 6.07 Å². The van der Waals surface area contributed by atoms with Crippen LogP contribution in [0.3, 0.4) is 0 Å². The lowest BCUT2D eigenvalue weighted by atomic mass is 10.3. The van der Waals surface area contributed by atoms with E-state index in [1.165, 1.54) is 25.1 Å². The maximum atomic E-state index is 11.2. The van der Waals surface area contributed by atoms with Gasteiger partial charge in [-0.3, -0.25) is 0 Å². The Morgan fingerprint density at radius 2 is 2.47 bits per heavy atom. The van der Waals surface area contributed by atoms with Crippen molar-refractivity contribution in [1.29, 1.82) is 0 Å². The van der Waals surface area contributed by atoms with Crippen molar-refractivity contribution in [3.05, 3.63) is 23.7 Å². The zero-order chi connectivity index (χ0) is 11.3. The Labute approximate surface area is 90.6 Å². The number of ether oxygens (including phenoxy) is 1. The van der Waals surface area contributed by atoms with Gasteiger partial charge in [0.1, 0.15) is 0 Å². The van der Waals surface area contributed by atoms with Crippen LogP contribution in [0, 0.1) is 0 Å². The molecule has 0 bridgehead atoms. The molecule has 1 rings (SSSR count). The summed E-state index contributed by atoms with van der Waals surface area (Å²) >= 11 is 1.21. The number of nitrogens with two attached hydrogens (primary N) is 2. The first-order valence-corrected chi connectivity index (χ1v) is 4.98. The molecule has 1 heterocycles.